The van der Waals surface area contributed by atoms with E-state index in [0.29, 0.717) is 11.1 Å². The first-order valence-electron chi connectivity index (χ1n) is 10.1. The Balaban J connectivity index is 1.86. The van der Waals surface area contributed by atoms with Crippen LogP contribution in [0.1, 0.15) is 26.3 Å². The molecule has 3 aromatic rings. The van der Waals surface area contributed by atoms with Gasteiger partial charge in [-0.3, -0.25) is 14.6 Å². The summed E-state index contributed by atoms with van der Waals surface area (Å²) in [5.74, 6) is -0.630. The van der Waals surface area contributed by atoms with Crippen LogP contribution in [0.5, 0.6) is 0 Å². The van der Waals surface area contributed by atoms with Crippen LogP contribution in [0.3, 0.4) is 0 Å². The maximum Gasteiger partial charge on any atom is 0.189 e. The van der Waals surface area contributed by atoms with Crippen LogP contribution in [0, 0.1) is 12.8 Å². The number of benzene rings is 3. The highest BCUT2D eigenvalue weighted by Crippen LogP contribution is 2.40. The standard InChI is InChI=1S/C26H22N2O2/c1-15-6-8-16(9-7-15)20-14-22-23(21-13-17(28(2)3)10-11-18(20)21)26(30)24-19(25(22)29)5-4-12-27-24/h4-14,19,24H,1-3H3. The third-order valence-electron chi connectivity index (χ3n) is 6.07. The molecular formula is C26H22N2O2. The molecule has 1 heterocycles. The van der Waals surface area contributed by atoms with Gasteiger partial charge in [-0.05, 0) is 53.1 Å². The van der Waals surface area contributed by atoms with E-state index >= 15 is 0 Å². The quantitative estimate of drug-likeness (QED) is 0.622. The first-order chi connectivity index (χ1) is 14.5. The van der Waals surface area contributed by atoms with E-state index in [-0.39, 0.29) is 11.6 Å². The molecule has 2 aliphatic rings. The summed E-state index contributed by atoms with van der Waals surface area (Å²) in [4.78, 5) is 33.2. The molecule has 1 aliphatic carbocycles. The van der Waals surface area contributed by atoms with Crippen molar-refractivity contribution in [3.05, 3.63) is 77.4 Å². The van der Waals surface area contributed by atoms with Gasteiger partial charge in [-0.25, -0.2) is 0 Å². The highest BCUT2D eigenvalue weighted by Gasteiger charge is 2.42. The number of fused-ring (bicyclic) bond motifs is 4. The minimum atomic E-state index is -0.661. The third kappa shape index (κ3) is 2.71. The normalized spacial score (nSPS) is 19.7. The molecule has 0 radical (unpaired) electrons. The predicted molar refractivity (Wildman–Crippen MR) is 122 cm³/mol. The van der Waals surface area contributed by atoms with E-state index in [1.165, 1.54) is 5.56 Å². The molecule has 4 nitrogen and oxygen atoms in total. The van der Waals surface area contributed by atoms with Crippen LogP contribution in [0.15, 0.2) is 65.7 Å². The number of hydrogen-bond acceptors (Lipinski definition) is 4. The van der Waals surface area contributed by atoms with Crippen molar-refractivity contribution < 1.29 is 9.59 Å². The van der Waals surface area contributed by atoms with Gasteiger partial charge >= 0.3 is 0 Å². The molecule has 0 amide bonds. The van der Waals surface area contributed by atoms with Crippen molar-refractivity contribution in [3.8, 4) is 11.1 Å². The van der Waals surface area contributed by atoms with E-state index in [2.05, 4.69) is 36.2 Å². The number of Topliss-reactive ketones (excluding diaryl/α,β-unsaturated/α-hetero) is 2. The van der Waals surface area contributed by atoms with Gasteiger partial charge in [0.05, 0.1) is 5.92 Å². The van der Waals surface area contributed by atoms with Crippen LogP contribution < -0.4 is 4.90 Å². The topological polar surface area (TPSA) is 49.7 Å². The number of ketones is 2. The minimum absolute atomic E-state index is 0.0341. The Labute approximate surface area is 175 Å². The zero-order valence-electron chi connectivity index (χ0n) is 17.2. The lowest BCUT2D eigenvalue weighted by molar-refractivity contribution is 0.0826. The van der Waals surface area contributed by atoms with Gasteiger partial charge in [-0.15, -0.1) is 0 Å². The molecule has 2 atom stereocenters. The second-order valence-electron chi connectivity index (χ2n) is 8.22. The van der Waals surface area contributed by atoms with E-state index in [4.69, 9.17) is 0 Å². The number of rotatable bonds is 2. The molecular weight excluding hydrogens is 372 g/mol. The molecule has 0 saturated heterocycles. The first kappa shape index (κ1) is 18.5. The van der Waals surface area contributed by atoms with Crippen LogP contribution in [-0.4, -0.2) is 37.9 Å². The number of carbonyl (C=O) groups excluding carboxylic acids is 2. The Morgan fingerprint density at radius 1 is 0.867 bits per heavy atom. The third-order valence-corrected chi connectivity index (χ3v) is 6.07. The highest BCUT2D eigenvalue weighted by molar-refractivity contribution is 6.26. The van der Waals surface area contributed by atoms with Gasteiger partial charge in [0.1, 0.15) is 6.04 Å². The van der Waals surface area contributed by atoms with Crippen molar-refractivity contribution in [2.45, 2.75) is 13.0 Å². The number of allylic oxidation sites excluding steroid dienone is 1. The van der Waals surface area contributed by atoms with Crippen LogP contribution >= 0.6 is 0 Å². The van der Waals surface area contributed by atoms with Crippen LogP contribution in [-0.2, 0) is 0 Å². The van der Waals surface area contributed by atoms with E-state index in [9.17, 15) is 9.59 Å². The number of aliphatic imine (C=N–C) groups is 1. The second kappa shape index (κ2) is 6.77. The lowest BCUT2D eigenvalue weighted by Crippen LogP contribution is -2.40. The zero-order valence-corrected chi connectivity index (χ0v) is 17.2. The highest BCUT2D eigenvalue weighted by atomic mass is 16.1. The lowest BCUT2D eigenvalue weighted by atomic mass is 9.74. The fraction of sp³-hybridized carbons (Fsp3) is 0.192. The van der Waals surface area contributed by atoms with Gasteiger partial charge in [0.2, 0.25) is 0 Å². The Morgan fingerprint density at radius 3 is 2.37 bits per heavy atom. The Hall–Kier alpha value is -3.53. The summed E-state index contributed by atoms with van der Waals surface area (Å²) in [6.07, 6.45) is 5.17. The number of hydrogen-bond donors (Lipinski definition) is 0. The number of nitrogens with zero attached hydrogens (tertiary/aromatic N) is 2. The number of dihydropyridines is 1. The minimum Gasteiger partial charge on any atom is -0.378 e. The Kier molecular flexibility index (Phi) is 4.17. The molecule has 0 saturated carbocycles. The van der Waals surface area contributed by atoms with Crippen molar-refractivity contribution >= 4 is 34.2 Å². The number of carbonyl (C=O) groups is 2. The van der Waals surface area contributed by atoms with Gasteiger partial charge in [0.15, 0.2) is 11.6 Å². The molecule has 5 rings (SSSR count). The van der Waals surface area contributed by atoms with E-state index in [0.717, 1.165) is 27.6 Å². The Bertz CT molecular complexity index is 1270. The molecule has 30 heavy (non-hydrogen) atoms. The zero-order chi connectivity index (χ0) is 21.0. The maximum atomic E-state index is 13.5. The van der Waals surface area contributed by atoms with Crippen molar-refractivity contribution in [1.82, 2.24) is 0 Å². The summed E-state index contributed by atoms with van der Waals surface area (Å²) in [6.45, 7) is 2.05. The average Bonchev–Trinajstić information content (AvgIpc) is 2.76. The van der Waals surface area contributed by atoms with Crippen LogP contribution in [0.2, 0.25) is 0 Å². The average molecular weight is 394 g/mol. The summed E-state index contributed by atoms with van der Waals surface area (Å²) in [5.41, 5.74) is 5.17. The molecule has 3 aromatic carbocycles. The smallest absolute Gasteiger partial charge is 0.189 e. The molecule has 0 spiro atoms. The summed E-state index contributed by atoms with van der Waals surface area (Å²) in [6, 6.07) is 15.6. The van der Waals surface area contributed by atoms with E-state index in [1.54, 1.807) is 18.4 Å². The number of anilines is 1. The molecule has 0 N–H and O–H groups in total. The SMILES string of the molecule is Cc1ccc(-c2cc3c(c4cc(N(C)C)ccc24)C(=O)C2N=CC=CC2C3=O)cc1. The summed E-state index contributed by atoms with van der Waals surface area (Å²) >= 11 is 0. The van der Waals surface area contributed by atoms with Gasteiger partial charge < -0.3 is 4.90 Å². The fourth-order valence-electron chi connectivity index (χ4n) is 4.42. The molecule has 4 heteroatoms. The largest absolute Gasteiger partial charge is 0.378 e. The monoisotopic (exact) mass is 394 g/mol. The van der Waals surface area contributed by atoms with Crippen LogP contribution in [0.4, 0.5) is 5.69 Å². The van der Waals surface area contributed by atoms with Crippen molar-refractivity contribution in [2.75, 3.05) is 19.0 Å². The van der Waals surface area contributed by atoms with Gasteiger partial charge in [0, 0.05) is 37.1 Å². The molecule has 2 unspecified atom stereocenters. The molecule has 1 aliphatic heterocycles. The van der Waals surface area contributed by atoms with Crippen LogP contribution in [0.25, 0.3) is 21.9 Å². The summed E-state index contributed by atoms with van der Waals surface area (Å²) < 4.78 is 0. The number of aryl methyl sites for hydroxylation is 1. The first-order valence-corrected chi connectivity index (χ1v) is 10.1. The van der Waals surface area contributed by atoms with Crippen molar-refractivity contribution in [3.63, 3.8) is 0 Å². The van der Waals surface area contributed by atoms with Gasteiger partial charge in [-0.1, -0.05) is 42.0 Å². The second-order valence-corrected chi connectivity index (χ2v) is 8.22. The summed E-state index contributed by atoms with van der Waals surface area (Å²) in [7, 11) is 3.94. The fourth-order valence-corrected chi connectivity index (χ4v) is 4.42. The van der Waals surface area contributed by atoms with E-state index in [1.807, 2.05) is 43.3 Å². The van der Waals surface area contributed by atoms with Crippen molar-refractivity contribution in [2.24, 2.45) is 10.9 Å². The summed E-state index contributed by atoms with van der Waals surface area (Å²) in [5, 5.41) is 1.79. The predicted octanol–water partition coefficient (Wildman–Crippen LogP) is 4.89. The molecule has 0 aromatic heterocycles. The maximum absolute atomic E-state index is 13.5. The van der Waals surface area contributed by atoms with Gasteiger partial charge in [0.25, 0.3) is 0 Å². The van der Waals surface area contributed by atoms with Gasteiger partial charge in [-0.2, -0.15) is 0 Å². The molecule has 0 bridgehead atoms. The lowest BCUT2D eigenvalue weighted by Gasteiger charge is -2.29. The molecule has 0 fully saturated rings. The molecule has 148 valence electrons. The van der Waals surface area contributed by atoms with E-state index < -0.39 is 12.0 Å². The Morgan fingerprint density at radius 2 is 1.63 bits per heavy atom. The van der Waals surface area contributed by atoms with Crippen molar-refractivity contribution in [1.29, 1.82) is 0 Å².